The molecule has 3 aromatic heterocycles. The smallest absolute Gasteiger partial charge is 0.166 e. The lowest BCUT2D eigenvalue weighted by molar-refractivity contribution is 0.980. The molecule has 0 radical (unpaired) electrons. The second-order valence-electron chi connectivity index (χ2n) is 4.85. The van der Waals surface area contributed by atoms with Gasteiger partial charge in [-0.3, -0.25) is 9.55 Å². The number of benzene rings is 1. The van der Waals surface area contributed by atoms with Crippen molar-refractivity contribution in [3.8, 4) is 17.1 Å². The highest BCUT2D eigenvalue weighted by Crippen LogP contribution is 2.26. The average Bonchev–Trinajstić information content (AvgIpc) is 3.09. The van der Waals surface area contributed by atoms with Crippen molar-refractivity contribution < 1.29 is 0 Å². The molecule has 0 aliphatic carbocycles. The standard InChI is InChI=1S/C16H12N6/c17-14-9-20-15(16(21-14)22-7-6-18-10-22)12-3-4-13-11(8-12)2-1-5-19-13/h1-10H,(H2,17,21). The number of hydrogen-bond donors (Lipinski definition) is 1. The summed E-state index contributed by atoms with van der Waals surface area (Å²) in [4.78, 5) is 17.2. The van der Waals surface area contributed by atoms with E-state index >= 15 is 0 Å². The Morgan fingerprint density at radius 3 is 2.86 bits per heavy atom. The predicted octanol–water partition coefficient (Wildman–Crippen LogP) is 2.46. The first kappa shape index (κ1) is 12.5. The molecule has 0 aliphatic rings. The van der Waals surface area contributed by atoms with E-state index in [2.05, 4.69) is 19.9 Å². The molecule has 6 heteroatoms. The van der Waals surface area contributed by atoms with Gasteiger partial charge in [0, 0.05) is 29.5 Å². The van der Waals surface area contributed by atoms with Crippen LogP contribution < -0.4 is 5.73 Å². The van der Waals surface area contributed by atoms with Crippen molar-refractivity contribution in [3.05, 3.63) is 61.4 Å². The summed E-state index contributed by atoms with van der Waals surface area (Å²) in [5.41, 5.74) is 8.43. The van der Waals surface area contributed by atoms with Gasteiger partial charge in [0.15, 0.2) is 5.82 Å². The largest absolute Gasteiger partial charge is 0.382 e. The van der Waals surface area contributed by atoms with Crippen molar-refractivity contribution in [2.45, 2.75) is 0 Å². The molecule has 0 saturated carbocycles. The fraction of sp³-hybridized carbons (Fsp3) is 0. The molecule has 0 atom stereocenters. The molecule has 1 aromatic carbocycles. The second-order valence-corrected chi connectivity index (χ2v) is 4.85. The highest BCUT2D eigenvalue weighted by Gasteiger charge is 2.11. The Labute approximate surface area is 126 Å². The van der Waals surface area contributed by atoms with Gasteiger partial charge < -0.3 is 5.73 Å². The molecule has 2 N–H and O–H groups in total. The van der Waals surface area contributed by atoms with E-state index in [1.54, 1.807) is 29.5 Å². The van der Waals surface area contributed by atoms with Crippen LogP contribution in [0.15, 0.2) is 61.4 Å². The van der Waals surface area contributed by atoms with Gasteiger partial charge in [0.25, 0.3) is 0 Å². The topological polar surface area (TPSA) is 82.5 Å². The lowest BCUT2D eigenvalue weighted by Crippen LogP contribution is -2.03. The van der Waals surface area contributed by atoms with Crippen molar-refractivity contribution in [1.29, 1.82) is 0 Å². The Kier molecular flexibility index (Phi) is 2.79. The number of imidazole rings is 1. The summed E-state index contributed by atoms with van der Waals surface area (Å²) >= 11 is 0. The number of anilines is 1. The molecule has 3 heterocycles. The van der Waals surface area contributed by atoms with Crippen LogP contribution in [0.3, 0.4) is 0 Å². The molecular weight excluding hydrogens is 276 g/mol. The number of nitrogens with two attached hydrogens (primary N) is 1. The van der Waals surface area contributed by atoms with Crippen molar-refractivity contribution in [1.82, 2.24) is 24.5 Å². The molecule has 0 amide bonds. The first-order valence-corrected chi connectivity index (χ1v) is 6.77. The zero-order valence-corrected chi connectivity index (χ0v) is 11.6. The van der Waals surface area contributed by atoms with Gasteiger partial charge >= 0.3 is 0 Å². The lowest BCUT2D eigenvalue weighted by Gasteiger charge is -2.09. The maximum atomic E-state index is 5.78. The van der Waals surface area contributed by atoms with Crippen LogP contribution in [0.2, 0.25) is 0 Å². The number of fused-ring (bicyclic) bond motifs is 1. The minimum Gasteiger partial charge on any atom is -0.382 e. The molecule has 0 saturated heterocycles. The Morgan fingerprint density at radius 1 is 1.05 bits per heavy atom. The molecule has 0 unspecified atom stereocenters. The first-order chi connectivity index (χ1) is 10.8. The third kappa shape index (κ3) is 2.07. The van der Waals surface area contributed by atoms with Gasteiger partial charge in [0.1, 0.15) is 17.8 Å². The number of hydrogen-bond acceptors (Lipinski definition) is 5. The maximum Gasteiger partial charge on any atom is 0.166 e. The third-order valence-electron chi connectivity index (χ3n) is 3.40. The summed E-state index contributed by atoms with van der Waals surface area (Å²) < 4.78 is 1.80. The fourth-order valence-electron chi connectivity index (χ4n) is 2.38. The molecule has 0 aliphatic heterocycles. The molecule has 6 nitrogen and oxygen atoms in total. The first-order valence-electron chi connectivity index (χ1n) is 6.77. The minimum absolute atomic E-state index is 0.370. The van der Waals surface area contributed by atoms with Gasteiger partial charge in [-0.1, -0.05) is 12.1 Å². The van der Waals surface area contributed by atoms with Crippen molar-refractivity contribution in [2.75, 3.05) is 5.73 Å². The summed E-state index contributed by atoms with van der Waals surface area (Å²) in [6.07, 6.45) is 8.52. The van der Waals surface area contributed by atoms with E-state index in [4.69, 9.17) is 5.73 Å². The minimum atomic E-state index is 0.370. The van der Waals surface area contributed by atoms with Crippen LogP contribution in [-0.4, -0.2) is 24.5 Å². The van der Waals surface area contributed by atoms with Gasteiger partial charge in [-0.05, 0) is 18.2 Å². The summed E-state index contributed by atoms with van der Waals surface area (Å²) in [6, 6.07) is 9.93. The quantitative estimate of drug-likeness (QED) is 0.612. The van der Waals surface area contributed by atoms with Crippen LogP contribution in [-0.2, 0) is 0 Å². The van der Waals surface area contributed by atoms with E-state index < -0.39 is 0 Å². The van der Waals surface area contributed by atoms with Gasteiger partial charge in [-0.2, -0.15) is 0 Å². The summed E-state index contributed by atoms with van der Waals surface area (Å²) in [7, 11) is 0. The van der Waals surface area contributed by atoms with Crippen molar-refractivity contribution in [2.24, 2.45) is 0 Å². The molecule has 4 rings (SSSR count). The van der Waals surface area contributed by atoms with Crippen LogP contribution in [0.1, 0.15) is 0 Å². The lowest BCUT2D eigenvalue weighted by atomic mass is 10.1. The highest BCUT2D eigenvalue weighted by atomic mass is 15.1. The van der Waals surface area contributed by atoms with E-state index in [9.17, 15) is 0 Å². The number of aromatic nitrogens is 5. The number of nitrogen functional groups attached to an aromatic ring is 1. The average molecular weight is 288 g/mol. The summed E-state index contributed by atoms with van der Waals surface area (Å²) in [5, 5.41) is 1.05. The van der Waals surface area contributed by atoms with Gasteiger partial charge in [-0.15, -0.1) is 0 Å². The van der Waals surface area contributed by atoms with Crippen LogP contribution in [0.4, 0.5) is 5.82 Å². The second kappa shape index (κ2) is 4.92. The van der Waals surface area contributed by atoms with Crippen LogP contribution in [0.5, 0.6) is 0 Å². The monoisotopic (exact) mass is 288 g/mol. The molecular formula is C16H12N6. The third-order valence-corrected chi connectivity index (χ3v) is 3.40. The molecule has 4 aromatic rings. The Balaban J connectivity index is 1.94. The van der Waals surface area contributed by atoms with Gasteiger partial charge in [0.2, 0.25) is 0 Å². The van der Waals surface area contributed by atoms with E-state index in [-0.39, 0.29) is 0 Å². The molecule has 0 fully saturated rings. The van der Waals surface area contributed by atoms with Crippen LogP contribution in [0, 0.1) is 0 Å². The van der Waals surface area contributed by atoms with E-state index in [0.29, 0.717) is 11.6 Å². The van der Waals surface area contributed by atoms with E-state index in [1.165, 1.54) is 0 Å². The Bertz CT molecular complexity index is 946. The van der Waals surface area contributed by atoms with Crippen molar-refractivity contribution >= 4 is 16.7 Å². The van der Waals surface area contributed by atoms with Crippen LogP contribution >= 0.6 is 0 Å². The van der Waals surface area contributed by atoms with Crippen LogP contribution in [0.25, 0.3) is 28.0 Å². The zero-order chi connectivity index (χ0) is 14.9. The molecule has 0 spiro atoms. The fourth-order valence-corrected chi connectivity index (χ4v) is 2.38. The molecule has 106 valence electrons. The van der Waals surface area contributed by atoms with Crippen molar-refractivity contribution in [3.63, 3.8) is 0 Å². The van der Waals surface area contributed by atoms with E-state index in [0.717, 1.165) is 22.2 Å². The predicted molar refractivity (Wildman–Crippen MR) is 84.3 cm³/mol. The van der Waals surface area contributed by atoms with Gasteiger partial charge in [-0.25, -0.2) is 15.0 Å². The number of pyridine rings is 1. The summed E-state index contributed by atoms with van der Waals surface area (Å²) in [6.45, 7) is 0. The zero-order valence-electron chi connectivity index (χ0n) is 11.6. The summed E-state index contributed by atoms with van der Waals surface area (Å²) in [5.74, 6) is 1.02. The molecule has 22 heavy (non-hydrogen) atoms. The maximum absolute atomic E-state index is 5.78. The number of nitrogens with zero attached hydrogens (tertiary/aromatic N) is 5. The van der Waals surface area contributed by atoms with Gasteiger partial charge in [0.05, 0.1) is 11.7 Å². The van der Waals surface area contributed by atoms with E-state index in [1.807, 2.05) is 36.5 Å². The highest BCUT2D eigenvalue weighted by molar-refractivity contribution is 5.84. The Morgan fingerprint density at radius 2 is 2.00 bits per heavy atom. The molecule has 0 bridgehead atoms. The SMILES string of the molecule is Nc1cnc(-c2ccc3ncccc3c2)c(-n2ccnc2)n1. The Hall–Kier alpha value is -3.28. The number of rotatable bonds is 2. The normalized spacial score (nSPS) is 10.9.